The molecule has 0 amide bonds. The average molecular weight is 312 g/mol. The molecular weight excluding hydrogens is 297 g/mol. The molecule has 0 aliphatic heterocycles. The van der Waals surface area contributed by atoms with Gasteiger partial charge in [-0.15, -0.1) is 0 Å². The zero-order valence-electron chi connectivity index (χ0n) is 11.3. The van der Waals surface area contributed by atoms with Crippen molar-refractivity contribution in [2.75, 3.05) is 19.0 Å². The standard InChI is InChI=1S/C14H15Cl2N3O/c1-3-17-13-7-12(18-14(19-13)8-20-2)9-4-10(15)6-11(16)5-9/h4-7H,3,8H2,1-2H3,(H,17,18,19). The fourth-order valence-corrected chi connectivity index (χ4v) is 2.34. The van der Waals surface area contributed by atoms with E-state index in [4.69, 9.17) is 27.9 Å². The third-order valence-electron chi connectivity index (χ3n) is 2.56. The fraction of sp³-hybridized carbons (Fsp3) is 0.286. The lowest BCUT2D eigenvalue weighted by Gasteiger charge is -2.09. The molecule has 6 heteroatoms. The number of nitrogens with zero attached hydrogens (tertiary/aromatic N) is 2. The molecule has 0 aliphatic rings. The Morgan fingerprint density at radius 3 is 2.40 bits per heavy atom. The smallest absolute Gasteiger partial charge is 0.157 e. The molecule has 2 aromatic rings. The van der Waals surface area contributed by atoms with Crippen LogP contribution in [-0.2, 0) is 11.3 Å². The summed E-state index contributed by atoms with van der Waals surface area (Å²) in [5.74, 6) is 1.36. The average Bonchev–Trinajstić information content (AvgIpc) is 2.38. The van der Waals surface area contributed by atoms with Crippen molar-refractivity contribution in [3.05, 3.63) is 40.1 Å². The van der Waals surface area contributed by atoms with Crippen molar-refractivity contribution >= 4 is 29.0 Å². The Labute approximate surface area is 128 Å². The van der Waals surface area contributed by atoms with E-state index in [1.54, 1.807) is 13.2 Å². The van der Waals surface area contributed by atoms with Gasteiger partial charge in [0.2, 0.25) is 0 Å². The topological polar surface area (TPSA) is 47.0 Å². The molecule has 1 N–H and O–H groups in total. The van der Waals surface area contributed by atoms with Crippen LogP contribution in [0.25, 0.3) is 11.3 Å². The Morgan fingerprint density at radius 1 is 1.10 bits per heavy atom. The molecule has 0 aliphatic carbocycles. The van der Waals surface area contributed by atoms with Crippen LogP contribution in [0.3, 0.4) is 0 Å². The molecule has 106 valence electrons. The second-order valence-corrected chi connectivity index (χ2v) is 5.05. The minimum atomic E-state index is 0.348. The molecule has 0 unspecified atom stereocenters. The maximum atomic E-state index is 6.03. The van der Waals surface area contributed by atoms with Gasteiger partial charge in [-0.3, -0.25) is 0 Å². The van der Waals surface area contributed by atoms with E-state index in [1.807, 2.05) is 25.1 Å². The highest BCUT2D eigenvalue weighted by atomic mass is 35.5. The molecule has 0 radical (unpaired) electrons. The molecule has 0 bridgehead atoms. The van der Waals surface area contributed by atoms with Crippen molar-refractivity contribution in [3.63, 3.8) is 0 Å². The van der Waals surface area contributed by atoms with Gasteiger partial charge in [-0.25, -0.2) is 9.97 Å². The zero-order valence-corrected chi connectivity index (χ0v) is 12.8. The molecule has 0 spiro atoms. The SMILES string of the molecule is CCNc1cc(-c2cc(Cl)cc(Cl)c2)nc(COC)n1. The van der Waals surface area contributed by atoms with Crippen LogP contribution >= 0.6 is 23.2 Å². The molecule has 0 saturated heterocycles. The first-order valence-corrected chi connectivity index (χ1v) is 6.95. The number of ether oxygens (including phenoxy) is 1. The normalized spacial score (nSPS) is 10.6. The maximum Gasteiger partial charge on any atom is 0.157 e. The summed E-state index contributed by atoms with van der Waals surface area (Å²) < 4.78 is 5.09. The van der Waals surface area contributed by atoms with Crippen LogP contribution in [0.1, 0.15) is 12.7 Å². The predicted molar refractivity (Wildman–Crippen MR) is 82.4 cm³/mol. The Morgan fingerprint density at radius 2 is 1.80 bits per heavy atom. The van der Waals surface area contributed by atoms with E-state index < -0.39 is 0 Å². The lowest BCUT2D eigenvalue weighted by atomic mass is 10.1. The Hall–Kier alpha value is -1.36. The van der Waals surface area contributed by atoms with Gasteiger partial charge in [-0.1, -0.05) is 23.2 Å². The van der Waals surface area contributed by atoms with E-state index in [0.717, 1.165) is 23.6 Å². The fourth-order valence-electron chi connectivity index (χ4n) is 1.81. The second-order valence-electron chi connectivity index (χ2n) is 4.18. The molecule has 20 heavy (non-hydrogen) atoms. The molecule has 1 aromatic heterocycles. The first-order chi connectivity index (χ1) is 9.62. The lowest BCUT2D eigenvalue weighted by Crippen LogP contribution is -2.05. The lowest BCUT2D eigenvalue weighted by molar-refractivity contribution is 0.178. The molecule has 1 aromatic carbocycles. The molecule has 1 heterocycles. The third kappa shape index (κ3) is 3.82. The van der Waals surface area contributed by atoms with Crippen molar-refractivity contribution < 1.29 is 4.74 Å². The van der Waals surface area contributed by atoms with Gasteiger partial charge in [0.1, 0.15) is 12.4 Å². The number of benzene rings is 1. The van der Waals surface area contributed by atoms with Crippen molar-refractivity contribution in [2.24, 2.45) is 0 Å². The van der Waals surface area contributed by atoms with Crippen molar-refractivity contribution in [1.82, 2.24) is 9.97 Å². The number of rotatable bonds is 5. The number of anilines is 1. The van der Waals surface area contributed by atoms with Gasteiger partial charge in [0, 0.05) is 35.3 Å². The van der Waals surface area contributed by atoms with Crippen LogP contribution in [0.15, 0.2) is 24.3 Å². The third-order valence-corrected chi connectivity index (χ3v) is 3.00. The summed E-state index contributed by atoms with van der Waals surface area (Å²) in [6.45, 7) is 3.13. The summed E-state index contributed by atoms with van der Waals surface area (Å²) in [5, 5.41) is 4.32. The van der Waals surface area contributed by atoms with Crippen LogP contribution in [0.5, 0.6) is 0 Å². The molecule has 0 atom stereocenters. The van der Waals surface area contributed by atoms with Crippen molar-refractivity contribution in [1.29, 1.82) is 0 Å². The monoisotopic (exact) mass is 311 g/mol. The Bertz CT molecular complexity index is 560. The van der Waals surface area contributed by atoms with Crippen LogP contribution in [0.4, 0.5) is 5.82 Å². The predicted octanol–water partition coefficient (Wildman–Crippen LogP) is 4.03. The second kappa shape index (κ2) is 6.88. The summed E-state index contributed by atoms with van der Waals surface area (Å²) in [7, 11) is 1.61. The zero-order chi connectivity index (χ0) is 14.5. The quantitative estimate of drug-likeness (QED) is 0.905. The van der Waals surface area contributed by atoms with Crippen LogP contribution < -0.4 is 5.32 Å². The Kier molecular flexibility index (Phi) is 5.17. The van der Waals surface area contributed by atoms with Crippen molar-refractivity contribution in [3.8, 4) is 11.3 Å². The van der Waals surface area contributed by atoms with E-state index in [9.17, 15) is 0 Å². The first-order valence-electron chi connectivity index (χ1n) is 6.19. The maximum absolute atomic E-state index is 6.03. The summed E-state index contributed by atoms with van der Waals surface area (Å²) >= 11 is 12.1. The van der Waals surface area contributed by atoms with Crippen LogP contribution in [-0.4, -0.2) is 23.6 Å². The van der Waals surface area contributed by atoms with E-state index in [1.165, 1.54) is 0 Å². The number of hydrogen-bond acceptors (Lipinski definition) is 4. The van der Waals surface area contributed by atoms with Gasteiger partial charge in [0.15, 0.2) is 5.82 Å². The van der Waals surface area contributed by atoms with Gasteiger partial charge in [-0.2, -0.15) is 0 Å². The van der Waals surface area contributed by atoms with E-state index >= 15 is 0 Å². The van der Waals surface area contributed by atoms with Gasteiger partial charge < -0.3 is 10.1 Å². The minimum absolute atomic E-state index is 0.348. The van der Waals surface area contributed by atoms with Crippen LogP contribution in [0, 0.1) is 0 Å². The van der Waals surface area contributed by atoms with Gasteiger partial charge in [0.25, 0.3) is 0 Å². The number of halogens is 2. The number of hydrogen-bond donors (Lipinski definition) is 1. The number of nitrogens with one attached hydrogen (secondary N) is 1. The number of methoxy groups -OCH3 is 1. The molecule has 0 fully saturated rings. The summed E-state index contributed by atoms with van der Waals surface area (Å²) in [6.07, 6.45) is 0. The summed E-state index contributed by atoms with van der Waals surface area (Å²) in [6, 6.07) is 7.20. The first kappa shape index (κ1) is 15.0. The Balaban J connectivity index is 2.48. The highest BCUT2D eigenvalue weighted by molar-refractivity contribution is 6.35. The molecular formula is C14H15Cl2N3O. The van der Waals surface area contributed by atoms with E-state index in [2.05, 4.69) is 15.3 Å². The van der Waals surface area contributed by atoms with Gasteiger partial charge in [-0.05, 0) is 25.1 Å². The largest absolute Gasteiger partial charge is 0.377 e. The molecule has 2 rings (SSSR count). The summed E-state index contributed by atoms with van der Waals surface area (Å²) in [5.41, 5.74) is 1.61. The number of aromatic nitrogens is 2. The van der Waals surface area contributed by atoms with Gasteiger partial charge in [0.05, 0.1) is 5.69 Å². The highest BCUT2D eigenvalue weighted by Gasteiger charge is 2.08. The molecule has 0 saturated carbocycles. The van der Waals surface area contributed by atoms with E-state index in [-0.39, 0.29) is 0 Å². The van der Waals surface area contributed by atoms with E-state index in [0.29, 0.717) is 22.5 Å². The van der Waals surface area contributed by atoms with Crippen molar-refractivity contribution in [2.45, 2.75) is 13.5 Å². The molecule has 4 nitrogen and oxygen atoms in total. The van der Waals surface area contributed by atoms with Crippen LogP contribution in [0.2, 0.25) is 10.0 Å². The highest BCUT2D eigenvalue weighted by Crippen LogP contribution is 2.27. The van der Waals surface area contributed by atoms with Gasteiger partial charge >= 0.3 is 0 Å². The summed E-state index contributed by atoms with van der Waals surface area (Å²) in [4.78, 5) is 8.83. The minimum Gasteiger partial charge on any atom is -0.377 e.